The first-order valence-electron chi connectivity index (χ1n) is 4.42. The Morgan fingerprint density at radius 3 is 2.62 bits per heavy atom. The molecule has 0 spiro atoms. The number of hydrogen-bond donors (Lipinski definition) is 2. The van der Waals surface area contributed by atoms with Crippen molar-refractivity contribution in [2.75, 3.05) is 24.7 Å². The average molecular weight is 263 g/mol. The van der Waals surface area contributed by atoms with Crippen LogP contribution in [0.2, 0.25) is 0 Å². The summed E-state index contributed by atoms with van der Waals surface area (Å²) in [6.45, 7) is 1.26. The first-order chi connectivity index (χ1) is 7.33. The van der Waals surface area contributed by atoms with Crippen LogP contribution in [-0.2, 0) is 4.79 Å². The number of hydrogen-bond acceptors (Lipinski definition) is 7. The molecule has 1 unspecified atom stereocenters. The van der Waals surface area contributed by atoms with Crippen LogP contribution in [-0.4, -0.2) is 51.8 Å². The molecule has 90 valence electrons. The number of carboxylic acids is 1. The minimum Gasteiger partial charge on any atom is -0.479 e. The number of aliphatic hydroxyl groups is 1. The molecule has 6 nitrogen and oxygen atoms in total. The minimum atomic E-state index is -1.74. The molecule has 1 rings (SSSR count). The Balaban J connectivity index is 2.58. The smallest absolute Gasteiger partial charge is 0.336 e. The fourth-order valence-electron chi connectivity index (χ4n) is 0.706. The zero-order valence-corrected chi connectivity index (χ0v) is 10.8. The van der Waals surface area contributed by atoms with Crippen molar-refractivity contribution in [2.45, 2.75) is 16.9 Å². The van der Waals surface area contributed by atoms with Crippen LogP contribution < -0.4 is 4.90 Å². The van der Waals surface area contributed by atoms with Gasteiger partial charge >= 0.3 is 5.97 Å². The molecule has 0 amide bonds. The summed E-state index contributed by atoms with van der Waals surface area (Å²) in [5, 5.41) is 26.7. The summed E-state index contributed by atoms with van der Waals surface area (Å²) in [7, 11) is 3.70. The number of carbonyl (C=O) groups is 1. The monoisotopic (exact) mass is 263 g/mol. The fraction of sp³-hybridized carbons (Fsp3) is 0.625. The summed E-state index contributed by atoms with van der Waals surface area (Å²) in [6.07, 6.45) is 0. The van der Waals surface area contributed by atoms with Gasteiger partial charge < -0.3 is 15.1 Å². The summed E-state index contributed by atoms with van der Waals surface area (Å²) in [5.74, 6) is -1.19. The highest BCUT2D eigenvalue weighted by molar-refractivity contribution is 8.01. The number of aromatic nitrogens is 2. The second-order valence-electron chi connectivity index (χ2n) is 3.61. The number of rotatable bonds is 5. The Hall–Kier alpha value is -0.860. The quantitative estimate of drug-likeness (QED) is 0.749. The Morgan fingerprint density at radius 1 is 1.56 bits per heavy atom. The number of anilines is 1. The molecule has 1 atom stereocenters. The van der Waals surface area contributed by atoms with E-state index < -0.39 is 11.6 Å². The average Bonchev–Trinajstić information content (AvgIpc) is 2.63. The van der Waals surface area contributed by atoms with Gasteiger partial charge in [0, 0.05) is 19.8 Å². The van der Waals surface area contributed by atoms with E-state index in [9.17, 15) is 9.90 Å². The molecule has 0 radical (unpaired) electrons. The predicted molar refractivity (Wildman–Crippen MR) is 63.2 cm³/mol. The van der Waals surface area contributed by atoms with Gasteiger partial charge in [0.25, 0.3) is 0 Å². The minimum absolute atomic E-state index is 0.0460. The van der Waals surface area contributed by atoms with Gasteiger partial charge in [0.2, 0.25) is 5.13 Å². The first-order valence-corrected chi connectivity index (χ1v) is 6.22. The van der Waals surface area contributed by atoms with Crippen molar-refractivity contribution in [2.24, 2.45) is 0 Å². The molecule has 1 aromatic rings. The summed E-state index contributed by atoms with van der Waals surface area (Å²) in [5.41, 5.74) is -1.74. The maximum atomic E-state index is 10.7. The summed E-state index contributed by atoms with van der Waals surface area (Å²) in [6, 6.07) is 0. The van der Waals surface area contributed by atoms with E-state index in [0.29, 0.717) is 4.34 Å². The highest BCUT2D eigenvalue weighted by Gasteiger charge is 2.30. The first kappa shape index (κ1) is 13.2. The Labute approximate surface area is 101 Å². The van der Waals surface area contributed by atoms with Crippen molar-refractivity contribution in [3.63, 3.8) is 0 Å². The van der Waals surface area contributed by atoms with Gasteiger partial charge in [0.05, 0.1) is 0 Å². The van der Waals surface area contributed by atoms with Crippen molar-refractivity contribution in [1.82, 2.24) is 10.2 Å². The maximum Gasteiger partial charge on any atom is 0.336 e. The summed E-state index contributed by atoms with van der Waals surface area (Å²) < 4.78 is 0.644. The lowest BCUT2D eigenvalue weighted by Gasteiger charge is -2.15. The van der Waals surface area contributed by atoms with Gasteiger partial charge in [-0.3, -0.25) is 0 Å². The van der Waals surface area contributed by atoms with Crippen LogP contribution in [0.5, 0.6) is 0 Å². The third-order valence-electron chi connectivity index (χ3n) is 1.72. The van der Waals surface area contributed by atoms with Crippen molar-refractivity contribution in [1.29, 1.82) is 0 Å². The van der Waals surface area contributed by atoms with Gasteiger partial charge in [-0.15, -0.1) is 10.2 Å². The Morgan fingerprint density at radius 2 is 2.19 bits per heavy atom. The second-order valence-corrected chi connectivity index (χ2v) is 5.79. The zero-order chi connectivity index (χ0) is 12.3. The van der Waals surface area contributed by atoms with Crippen molar-refractivity contribution in [3.05, 3.63) is 0 Å². The van der Waals surface area contributed by atoms with E-state index in [2.05, 4.69) is 10.2 Å². The normalized spacial score (nSPS) is 14.5. The highest BCUT2D eigenvalue weighted by atomic mass is 32.2. The van der Waals surface area contributed by atoms with Gasteiger partial charge in [0.15, 0.2) is 9.94 Å². The molecule has 0 aliphatic carbocycles. The lowest BCUT2D eigenvalue weighted by atomic mass is 10.1. The molecule has 0 saturated heterocycles. The predicted octanol–water partition coefficient (Wildman–Crippen LogP) is 0.532. The highest BCUT2D eigenvalue weighted by Crippen LogP contribution is 2.29. The van der Waals surface area contributed by atoms with Gasteiger partial charge in [-0.2, -0.15) is 0 Å². The Kier molecular flexibility index (Phi) is 4.11. The van der Waals surface area contributed by atoms with Crippen LogP contribution >= 0.6 is 23.1 Å². The molecule has 8 heteroatoms. The van der Waals surface area contributed by atoms with Crippen molar-refractivity contribution >= 4 is 34.2 Å². The third kappa shape index (κ3) is 3.32. The van der Waals surface area contributed by atoms with E-state index in [1.54, 1.807) is 0 Å². The van der Waals surface area contributed by atoms with Crippen LogP contribution in [0.25, 0.3) is 0 Å². The molecular weight excluding hydrogens is 250 g/mol. The van der Waals surface area contributed by atoms with Gasteiger partial charge in [-0.05, 0) is 6.92 Å². The molecule has 0 saturated carbocycles. The van der Waals surface area contributed by atoms with Crippen LogP contribution in [0.3, 0.4) is 0 Å². The van der Waals surface area contributed by atoms with Crippen LogP contribution in [0, 0.1) is 0 Å². The second kappa shape index (κ2) is 4.98. The van der Waals surface area contributed by atoms with Crippen molar-refractivity contribution < 1.29 is 15.0 Å². The largest absolute Gasteiger partial charge is 0.479 e. The number of carboxylic acid groups (broad SMARTS) is 1. The molecule has 2 N–H and O–H groups in total. The van der Waals surface area contributed by atoms with E-state index in [4.69, 9.17) is 5.11 Å². The van der Waals surface area contributed by atoms with E-state index in [1.165, 1.54) is 30.0 Å². The number of thioether (sulfide) groups is 1. The van der Waals surface area contributed by atoms with Gasteiger partial charge in [-0.25, -0.2) is 4.79 Å². The molecule has 16 heavy (non-hydrogen) atoms. The van der Waals surface area contributed by atoms with Crippen molar-refractivity contribution in [3.8, 4) is 0 Å². The third-order valence-corrected chi connectivity index (χ3v) is 4.24. The molecule has 0 bridgehead atoms. The van der Waals surface area contributed by atoms with Gasteiger partial charge in [-0.1, -0.05) is 23.1 Å². The summed E-state index contributed by atoms with van der Waals surface area (Å²) >= 11 is 2.54. The number of nitrogens with zero attached hydrogens (tertiary/aromatic N) is 3. The molecule has 1 heterocycles. The number of aliphatic carboxylic acids is 1. The molecule has 0 aliphatic heterocycles. The molecule has 0 aromatic carbocycles. The lowest BCUT2D eigenvalue weighted by molar-refractivity contribution is -0.154. The van der Waals surface area contributed by atoms with E-state index in [0.717, 1.165) is 5.13 Å². The van der Waals surface area contributed by atoms with Gasteiger partial charge in [0.1, 0.15) is 0 Å². The van der Waals surface area contributed by atoms with E-state index >= 15 is 0 Å². The van der Waals surface area contributed by atoms with Crippen LogP contribution in [0.4, 0.5) is 5.13 Å². The van der Waals surface area contributed by atoms with Crippen LogP contribution in [0.1, 0.15) is 6.92 Å². The molecular formula is C8H13N3O3S2. The Bertz CT molecular complexity index is 378. The summed E-state index contributed by atoms with van der Waals surface area (Å²) in [4.78, 5) is 12.5. The lowest BCUT2D eigenvalue weighted by Crippen LogP contribution is -2.37. The van der Waals surface area contributed by atoms with E-state index in [-0.39, 0.29) is 5.75 Å². The zero-order valence-electron chi connectivity index (χ0n) is 9.17. The standard InChI is InChI=1S/C8H13N3O3S2/c1-8(14,5(12)13)4-15-7-10-9-6(16-7)11(2)3/h14H,4H2,1-3H3,(H,12,13). The van der Waals surface area contributed by atoms with E-state index in [1.807, 2.05) is 19.0 Å². The fourth-order valence-corrected chi connectivity index (χ4v) is 2.47. The molecule has 0 aliphatic rings. The maximum absolute atomic E-state index is 10.7. The molecule has 1 aromatic heterocycles. The topological polar surface area (TPSA) is 86.5 Å². The SMILES string of the molecule is CN(C)c1nnc(SCC(C)(O)C(=O)O)s1. The molecule has 0 fully saturated rings. The van der Waals surface area contributed by atoms with Crippen LogP contribution in [0.15, 0.2) is 4.34 Å².